The molecule has 0 aliphatic heterocycles. The summed E-state index contributed by atoms with van der Waals surface area (Å²) in [6.07, 6.45) is 4.24. The monoisotopic (exact) mass is 406 g/mol. The quantitative estimate of drug-likeness (QED) is 0.644. The molecule has 7 nitrogen and oxygen atoms in total. The van der Waals surface area contributed by atoms with Crippen molar-refractivity contribution in [1.29, 1.82) is 0 Å². The van der Waals surface area contributed by atoms with Crippen LogP contribution in [0.3, 0.4) is 0 Å². The second-order valence-electron chi connectivity index (χ2n) is 7.11. The Morgan fingerprint density at radius 1 is 1.29 bits per heavy atom. The minimum absolute atomic E-state index is 0.00723. The van der Waals surface area contributed by atoms with Gasteiger partial charge in [0, 0.05) is 18.5 Å². The molecular weight excluding hydrogens is 376 g/mol. The Kier molecular flexibility index (Phi) is 7.20. The molecule has 8 heteroatoms. The predicted octanol–water partition coefficient (Wildman–Crippen LogP) is 1.94. The van der Waals surface area contributed by atoms with Crippen LogP contribution in [-0.2, 0) is 35.5 Å². The highest BCUT2D eigenvalue weighted by Gasteiger charge is 2.23. The van der Waals surface area contributed by atoms with Gasteiger partial charge < -0.3 is 10.1 Å². The number of ether oxygens (including phenoxy) is 1. The van der Waals surface area contributed by atoms with Gasteiger partial charge in [-0.05, 0) is 44.3 Å². The number of carbonyl (C=O) groups excluding carboxylic acids is 1. The normalized spacial score (nSPS) is 13.9. The summed E-state index contributed by atoms with van der Waals surface area (Å²) >= 11 is 1.65. The third-order valence-electron chi connectivity index (χ3n) is 5.34. The number of fused-ring (bicyclic) bond motifs is 3. The van der Waals surface area contributed by atoms with Crippen LogP contribution in [0, 0.1) is 0 Å². The lowest BCUT2D eigenvalue weighted by atomic mass is 9.97. The zero-order valence-corrected chi connectivity index (χ0v) is 17.9. The minimum Gasteiger partial charge on any atom is -0.383 e. The molecule has 28 heavy (non-hydrogen) atoms. The van der Waals surface area contributed by atoms with Gasteiger partial charge in [0.25, 0.3) is 5.56 Å². The fourth-order valence-corrected chi connectivity index (χ4v) is 4.97. The van der Waals surface area contributed by atoms with E-state index in [4.69, 9.17) is 9.72 Å². The Hall–Kier alpha value is -1.77. The lowest BCUT2D eigenvalue weighted by Gasteiger charge is -2.20. The van der Waals surface area contributed by atoms with Gasteiger partial charge in [-0.15, -0.1) is 11.3 Å². The molecule has 0 spiro atoms. The first-order chi connectivity index (χ1) is 13.6. The summed E-state index contributed by atoms with van der Waals surface area (Å²) in [5.41, 5.74) is 1.08. The number of nitrogens with one attached hydrogen (secondary N) is 1. The van der Waals surface area contributed by atoms with Crippen molar-refractivity contribution < 1.29 is 9.53 Å². The number of amides is 1. The van der Waals surface area contributed by atoms with E-state index in [1.807, 2.05) is 0 Å². The number of hydrogen-bond donors (Lipinski definition) is 1. The predicted molar refractivity (Wildman–Crippen MR) is 112 cm³/mol. The van der Waals surface area contributed by atoms with E-state index in [9.17, 15) is 9.59 Å². The Balaban J connectivity index is 2.02. The smallest absolute Gasteiger partial charge is 0.263 e. The van der Waals surface area contributed by atoms with Gasteiger partial charge >= 0.3 is 0 Å². The topological polar surface area (TPSA) is 76.5 Å². The highest BCUT2D eigenvalue weighted by Crippen LogP contribution is 2.33. The van der Waals surface area contributed by atoms with Crippen LogP contribution in [0.15, 0.2) is 4.79 Å². The molecule has 1 aliphatic carbocycles. The Labute approximate surface area is 169 Å². The molecule has 0 fully saturated rings. The molecular formula is C20H30N4O3S. The molecule has 0 unspecified atom stereocenters. The fourth-order valence-electron chi connectivity index (χ4n) is 3.70. The van der Waals surface area contributed by atoms with E-state index in [1.54, 1.807) is 23.0 Å². The average molecular weight is 407 g/mol. The van der Waals surface area contributed by atoms with Crippen LogP contribution < -0.4 is 10.9 Å². The first-order valence-electron chi connectivity index (χ1n) is 10.1. The maximum atomic E-state index is 13.4. The van der Waals surface area contributed by atoms with Crippen LogP contribution in [-0.4, -0.2) is 53.7 Å². The lowest BCUT2D eigenvalue weighted by molar-refractivity contribution is -0.121. The second kappa shape index (κ2) is 9.62. The maximum absolute atomic E-state index is 13.4. The van der Waals surface area contributed by atoms with Gasteiger partial charge in [-0.25, -0.2) is 4.98 Å². The Morgan fingerprint density at radius 3 is 2.75 bits per heavy atom. The molecule has 0 saturated heterocycles. The number of methoxy groups -OCH3 is 1. The maximum Gasteiger partial charge on any atom is 0.263 e. The molecule has 1 amide bonds. The molecule has 2 aromatic rings. The molecule has 2 heterocycles. The summed E-state index contributed by atoms with van der Waals surface area (Å²) in [4.78, 5) is 35.0. The number of thiophene rings is 1. The molecule has 0 atom stereocenters. The van der Waals surface area contributed by atoms with Gasteiger partial charge in [0.1, 0.15) is 17.2 Å². The van der Waals surface area contributed by atoms with E-state index < -0.39 is 0 Å². The Bertz CT molecular complexity index is 886. The molecule has 0 saturated carbocycles. The van der Waals surface area contributed by atoms with Crippen molar-refractivity contribution in [3.05, 3.63) is 26.6 Å². The van der Waals surface area contributed by atoms with E-state index in [-0.39, 0.29) is 18.0 Å². The van der Waals surface area contributed by atoms with Crippen LogP contribution >= 0.6 is 11.3 Å². The molecule has 0 aromatic carbocycles. The number of aromatic nitrogens is 2. The summed E-state index contributed by atoms with van der Waals surface area (Å²) in [6.45, 7) is 7.34. The zero-order chi connectivity index (χ0) is 20.1. The molecule has 0 radical (unpaired) electrons. The zero-order valence-electron chi connectivity index (χ0n) is 17.0. The molecule has 1 aliphatic rings. The van der Waals surface area contributed by atoms with Crippen LogP contribution in [0.4, 0.5) is 0 Å². The van der Waals surface area contributed by atoms with E-state index in [1.165, 1.54) is 11.3 Å². The third kappa shape index (κ3) is 4.45. The van der Waals surface area contributed by atoms with Crippen molar-refractivity contribution in [2.75, 3.05) is 33.4 Å². The van der Waals surface area contributed by atoms with E-state index in [2.05, 4.69) is 24.1 Å². The fraction of sp³-hybridized carbons (Fsp3) is 0.650. The number of rotatable bonds is 9. The van der Waals surface area contributed by atoms with Crippen molar-refractivity contribution in [3.63, 3.8) is 0 Å². The van der Waals surface area contributed by atoms with Crippen LogP contribution in [0.2, 0.25) is 0 Å². The van der Waals surface area contributed by atoms with Gasteiger partial charge in [0.05, 0.1) is 18.5 Å². The Morgan fingerprint density at radius 2 is 2.04 bits per heavy atom. The third-order valence-corrected chi connectivity index (χ3v) is 6.53. The summed E-state index contributed by atoms with van der Waals surface area (Å²) < 4.78 is 6.55. The lowest BCUT2D eigenvalue weighted by Crippen LogP contribution is -2.37. The number of carbonyl (C=O) groups is 1. The summed E-state index contributed by atoms with van der Waals surface area (Å²) in [5.74, 6) is 0.479. The highest BCUT2D eigenvalue weighted by atomic mass is 32.1. The van der Waals surface area contributed by atoms with E-state index >= 15 is 0 Å². The second-order valence-corrected chi connectivity index (χ2v) is 8.20. The SMILES string of the molecule is CCN(CC)Cc1nc2sc3c(c2c(=O)n1CC(=O)NCCOC)CCCC3. The van der Waals surface area contributed by atoms with E-state index in [0.29, 0.717) is 25.5 Å². The first-order valence-corrected chi connectivity index (χ1v) is 10.9. The van der Waals surface area contributed by atoms with Crippen molar-refractivity contribution in [3.8, 4) is 0 Å². The van der Waals surface area contributed by atoms with Gasteiger partial charge in [-0.1, -0.05) is 13.8 Å². The van der Waals surface area contributed by atoms with Crippen LogP contribution in [0.25, 0.3) is 10.2 Å². The van der Waals surface area contributed by atoms with Gasteiger partial charge in [0.2, 0.25) is 5.91 Å². The molecule has 1 N–H and O–H groups in total. The van der Waals surface area contributed by atoms with Crippen molar-refractivity contribution in [2.45, 2.75) is 52.6 Å². The van der Waals surface area contributed by atoms with Gasteiger partial charge in [-0.3, -0.25) is 19.1 Å². The molecule has 2 aromatic heterocycles. The van der Waals surface area contributed by atoms with Crippen molar-refractivity contribution >= 4 is 27.5 Å². The van der Waals surface area contributed by atoms with Gasteiger partial charge in [-0.2, -0.15) is 0 Å². The number of hydrogen-bond acceptors (Lipinski definition) is 6. The van der Waals surface area contributed by atoms with Crippen LogP contribution in [0.5, 0.6) is 0 Å². The van der Waals surface area contributed by atoms with Crippen molar-refractivity contribution in [2.24, 2.45) is 0 Å². The first kappa shape index (κ1) is 21.0. The summed E-state index contributed by atoms with van der Waals surface area (Å²) in [5, 5.41) is 3.54. The van der Waals surface area contributed by atoms with Gasteiger partial charge in [0.15, 0.2) is 0 Å². The largest absolute Gasteiger partial charge is 0.383 e. The summed E-state index contributed by atoms with van der Waals surface area (Å²) in [6, 6.07) is 0. The number of aryl methyl sites for hydroxylation is 2. The molecule has 154 valence electrons. The molecule has 3 rings (SSSR count). The van der Waals surface area contributed by atoms with E-state index in [0.717, 1.165) is 48.1 Å². The highest BCUT2D eigenvalue weighted by molar-refractivity contribution is 7.18. The van der Waals surface area contributed by atoms with Crippen LogP contribution in [0.1, 0.15) is 43.0 Å². The average Bonchev–Trinajstić information content (AvgIpc) is 3.07. The minimum atomic E-state index is -0.190. The van der Waals surface area contributed by atoms with Crippen molar-refractivity contribution in [1.82, 2.24) is 19.8 Å². The molecule has 0 bridgehead atoms. The standard InChI is InChI=1S/C20H30N4O3S/c1-4-23(5-2)12-16-22-19-18(14-8-6-7-9-15(14)28-19)20(26)24(16)13-17(25)21-10-11-27-3/h4-13H2,1-3H3,(H,21,25). The number of nitrogens with zero attached hydrogens (tertiary/aromatic N) is 3. The summed E-state index contributed by atoms with van der Waals surface area (Å²) in [7, 11) is 1.59.